The molecule has 7 rings (SSSR count). The lowest BCUT2D eigenvalue weighted by molar-refractivity contribution is -0.137. The third kappa shape index (κ3) is 4.35. The molecule has 216 valence electrons. The molecule has 12 nitrogen and oxygen atoms in total. The maximum atomic E-state index is 13.3. The van der Waals surface area contributed by atoms with E-state index >= 15 is 0 Å². The molecular formula is C29H29N7O5S. The Morgan fingerprint density at radius 3 is 2.40 bits per heavy atom. The molecule has 3 saturated heterocycles. The van der Waals surface area contributed by atoms with E-state index in [1.165, 1.54) is 4.52 Å². The number of carbonyl (C=O) groups is 2. The number of sulfone groups is 1. The van der Waals surface area contributed by atoms with Crippen LogP contribution in [0.1, 0.15) is 37.3 Å². The first-order chi connectivity index (χ1) is 20.2. The third-order valence-electron chi connectivity index (χ3n) is 8.52. The maximum Gasteiger partial charge on any atom is 0.407 e. The van der Waals surface area contributed by atoms with Crippen molar-refractivity contribution in [2.75, 3.05) is 18.6 Å². The zero-order chi connectivity index (χ0) is 29.2. The molecule has 42 heavy (non-hydrogen) atoms. The molecule has 2 amide bonds. The fraction of sp³-hybridized carbons (Fsp3) is 0.345. The second-order valence-corrected chi connectivity index (χ2v) is 13.1. The van der Waals surface area contributed by atoms with E-state index in [1.807, 2.05) is 47.4 Å². The van der Waals surface area contributed by atoms with E-state index < -0.39 is 22.0 Å². The number of ether oxygens (including phenoxy) is 1. The van der Waals surface area contributed by atoms with Crippen LogP contribution in [-0.2, 0) is 19.4 Å². The van der Waals surface area contributed by atoms with Gasteiger partial charge in [0.25, 0.3) is 0 Å². The number of carbonyl (C=O) groups excluding carboxylic acids is 2. The van der Waals surface area contributed by atoms with Crippen LogP contribution in [0.2, 0.25) is 0 Å². The lowest BCUT2D eigenvalue weighted by atomic mass is 9.87. The lowest BCUT2D eigenvalue weighted by Crippen LogP contribution is -2.53. The van der Waals surface area contributed by atoms with Crippen LogP contribution >= 0.6 is 0 Å². The Hall–Kier alpha value is -4.52. The summed E-state index contributed by atoms with van der Waals surface area (Å²) in [5.74, 6) is -0.392. The van der Waals surface area contributed by atoms with Crippen LogP contribution in [0, 0.1) is 0 Å². The monoisotopic (exact) mass is 587 g/mol. The Morgan fingerprint density at radius 2 is 1.79 bits per heavy atom. The van der Waals surface area contributed by atoms with Gasteiger partial charge in [0.15, 0.2) is 15.5 Å². The summed E-state index contributed by atoms with van der Waals surface area (Å²) in [7, 11) is -3.77. The molecule has 0 aliphatic carbocycles. The van der Waals surface area contributed by atoms with Gasteiger partial charge in [0.2, 0.25) is 5.91 Å². The highest BCUT2D eigenvalue weighted by molar-refractivity contribution is 7.91. The normalized spacial score (nSPS) is 23.6. The second kappa shape index (κ2) is 9.79. The number of cyclic esters (lactones) is 1. The van der Waals surface area contributed by atoms with E-state index in [9.17, 15) is 18.0 Å². The van der Waals surface area contributed by atoms with Gasteiger partial charge in [0.05, 0.1) is 17.6 Å². The molecule has 3 aromatic heterocycles. The number of fused-ring (bicyclic) bond motifs is 3. The first kappa shape index (κ1) is 26.4. The van der Waals surface area contributed by atoms with Crippen molar-refractivity contribution in [1.29, 1.82) is 0 Å². The Morgan fingerprint density at radius 1 is 1.05 bits per heavy atom. The zero-order valence-corrected chi connectivity index (χ0v) is 23.6. The molecular weight excluding hydrogens is 558 g/mol. The molecule has 3 fully saturated rings. The Balaban J connectivity index is 1.26. The van der Waals surface area contributed by atoms with Gasteiger partial charge in [-0.15, -0.1) is 0 Å². The predicted molar refractivity (Wildman–Crippen MR) is 153 cm³/mol. The highest BCUT2D eigenvalue weighted by Gasteiger charge is 2.48. The number of rotatable bonds is 5. The van der Waals surface area contributed by atoms with Gasteiger partial charge in [-0.2, -0.15) is 9.61 Å². The number of nitrogens with one attached hydrogen (secondary N) is 1. The van der Waals surface area contributed by atoms with Crippen LogP contribution in [0.15, 0.2) is 59.8 Å². The number of benzene rings is 1. The Kier molecular flexibility index (Phi) is 6.15. The topological polar surface area (TPSA) is 162 Å². The van der Waals surface area contributed by atoms with E-state index in [2.05, 4.69) is 15.4 Å². The fourth-order valence-electron chi connectivity index (χ4n) is 6.67. The largest absolute Gasteiger partial charge is 0.447 e. The lowest BCUT2D eigenvalue weighted by Gasteiger charge is -2.40. The van der Waals surface area contributed by atoms with E-state index in [1.54, 1.807) is 12.4 Å². The van der Waals surface area contributed by atoms with Crippen molar-refractivity contribution in [3.8, 4) is 22.4 Å². The minimum absolute atomic E-state index is 0.00860. The number of nitrogens with zero attached hydrogens (tertiary/aromatic N) is 5. The second-order valence-electron chi connectivity index (χ2n) is 11.2. The molecule has 0 spiro atoms. The number of aromatic nitrogens is 4. The molecule has 0 radical (unpaired) electrons. The molecule has 3 N–H and O–H groups in total. The number of nitrogens with two attached hydrogens (primary N) is 1. The van der Waals surface area contributed by atoms with Crippen molar-refractivity contribution in [3.63, 3.8) is 0 Å². The average Bonchev–Trinajstić information content (AvgIpc) is 3.68. The summed E-state index contributed by atoms with van der Waals surface area (Å²) >= 11 is 0. The zero-order valence-electron chi connectivity index (χ0n) is 22.8. The standard InChI is InChI=1S/C29H29N7O5S/c1-42(39,40)25-24(18-11-19-8-9-20(12-18)35(19)28(37)23-15-41-29(38)33-23)34-27-21(14-32-36(27)26(25)30)17-7-10-22(31-13-17)16-5-3-2-4-6-16/h2-7,10,13-14,18-20,23H,8-9,11-12,15,30H2,1H3,(H,33,38)/t18-,19-,20+,23-/m0/s1. The molecule has 2 bridgehead atoms. The minimum atomic E-state index is -3.77. The van der Waals surface area contributed by atoms with Gasteiger partial charge in [-0.05, 0) is 31.7 Å². The summed E-state index contributed by atoms with van der Waals surface area (Å²) in [6, 6.07) is 12.8. The van der Waals surface area contributed by atoms with Gasteiger partial charge < -0.3 is 20.7 Å². The number of hydrogen-bond acceptors (Lipinski definition) is 9. The molecule has 0 unspecified atom stereocenters. The van der Waals surface area contributed by atoms with Gasteiger partial charge in [-0.25, -0.2) is 18.2 Å². The quantitative estimate of drug-likeness (QED) is 0.358. The molecule has 1 aromatic carbocycles. The fourth-order valence-corrected chi connectivity index (χ4v) is 7.73. The van der Waals surface area contributed by atoms with Crippen LogP contribution in [0.25, 0.3) is 28.0 Å². The molecule has 6 heterocycles. The number of alkyl carbamates (subject to hydrolysis) is 1. The highest BCUT2D eigenvalue weighted by atomic mass is 32.2. The predicted octanol–water partition coefficient (Wildman–Crippen LogP) is 2.79. The third-order valence-corrected chi connectivity index (χ3v) is 9.68. The van der Waals surface area contributed by atoms with Crippen LogP contribution in [0.5, 0.6) is 0 Å². The summed E-state index contributed by atoms with van der Waals surface area (Å²) in [4.78, 5) is 36.2. The number of piperidine rings is 1. The van der Waals surface area contributed by atoms with E-state index in [0.717, 1.165) is 35.9 Å². The molecule has 4 aromatic rings. The van der Waals surface area contributed by atoms with Crippen molar-refractivity contribution < 1.29 is 22.7 Å². The molecule has 4 atom stereocenters. The van der Waals surface area contributed by atoms with Gasteiger partial charge in [-0.1, -0.05) is 36.4 Å². The van der Waals surface area contributed by atoms with E-state index in [4.69, 9.17) is 15.5 Å². The molecule has 3 aliphatic heterocycles. The number of pyridine rings is 1. The molecule has 13 heteroatoms. The van der Waals surface area contributed by atoms with Crippen molar-refractivity contribution in [3.05, 3.63) is 60.6 Å². The smallest absolute Gasteiger partial charge is 0.407 e. The minimum Gasteiger partial charge on any atom is -0.447 e. The van der Waals surface area contributed by atoms with Gasteiger partial charge in [0, 0.05) is 47.1 Å². The SMILES string of the molecule is CS(=O)(=O)c1c([C@@H]2C[C@H]3CC[C@@H](C2)N3C(=O)[C@@H]2COC(=O)N2)nc2c(-c3ccc(-c4ccccc4)nc3)cnn2c1N. The maximum absolute atomic E-state index is 13.3. The number of amides is 2. The van der Waals surface area contributed by atoms with Crippen LogP contribution in [-0.4, -0.2) is 75.9 Å². The van der Waals surface area contributed by atoms with Crippen molar-refractivity contribution in [2.45, 2.75) is 54.6 Å². The van der Waals surface area contributed by atoms with E-state index in [0.29, 0.717) is 29.7 Å². The average molecular weight is 588 g/mol. The summed E-state index contributed by atoms with van der Waals surface area (Å²) in [6.45, 7) is 0.00912. The summed E-state index contributed by atoms with van der Waals surface area (Å²) in [6.07, 6.45) is 6.55. The summed E-state index contributed by atoms with van der Waals surface area (Å²) in [5.41, 5.74) is 10.6. The van der Waals surface area contributed by atoms with Gasteiger partial charge in [0.1, 0.15) is 23.4 Å². The van der Waals surface area contributed by atoms with Crippen molar-refractivity contribution in [2.24, 2.45) is 0 Å². The highest BCUT2D eigenvalue weighted by Crippen LogP contribution is 2.45. The first-order valence-electron chi connectivity index (χ1n) is 13.8. The summed E-state index contributed by atoms with van der Waals surface area (Å²) in [5, 5.41) is 6.98. The first-order valence-corrected chi connectivity index (χ1v) is 15.7. The Labute approximate surface area is 241 Å². The van der Waals surface area contributed by atoms with E-state index in [-0.39, 0.29) is 41.2 Å². The van der Waals surface area contributed by atoms with Crippen LogP contribution in [0.4, 0.5) is 10.6 Å². The molecule has 3 aliphatic rings. The molecule has 0 saturated carbocycles. The van der Waals surface area contributed by atoms with Crippen LogP contribution in [0.3, 0.4) is 0 Å². The van der Waals surface area contributed by atoms with Gasteiger partial charge in [-0.3, -0.25) is 9.78 Å². The van der Waals surface area contributed by atoms with Crippen molar-refractivity contribution >= 4 is 33.3 Å². The number of hydrogen-bond donors (Lipinski definition) is 2. The Bertz CT molecular complexity index is 1810. The van der Waals surface area contributed by atoms with Crippen LogP contribution < -0.4 is 11.1 Å². The number of nitrogen functional groups attached to an aromatic ring is 1. The van der Waals surface area contributed by atoms with Gasteiger partial charge >= 0.3 is 6.09 Å². The summed E-state index contributed by atoms with van der Waals surface area (Å²) < 4.78 is 32.5. The number of anilines is 1. The van der Waals surface area contributed by atoms with Crippen molar-refractivity contribution in [1.82, 2.24) is 29.8 Å².